The summed E-state index contributed by atoms with van der Waals surface area (Å²) in [6.07, 6.45) is 0. The Kier molecular flexibility index (Phi) is 6.63. The Morgan fingerprint density at radius 2 is 1.93 bits per heavy atom. The molecule has 3 nitrogen and oxygen atoms in total. The van der Waals surface area contributed by atoms with Gasteiger partial charge in [0.2, 0.25) is 0 Å². The SMILES string of the molecule is CCS(=O)(=S)OC(=O)c1ccccc1.[Na]. The van der Waals surface area contributed by atoms with Gasteiger partial charge in [0.15, 0.2) is 8.77 Å². The van der Waals surface area contributed by atoms with Crippen molar-refractivity contribution in [2.75, 3.05) is 5.75 Å². The number of carbonyl (C=O) groups excluding carboxylic acids is 1. The molecule has 0 saturated heterocycles. The summed E-state index contributed by atoms with van der Waals surface area (Å²) in [5, 5.41) is 0. The van der Waals surface area contributed by atoms with E-state index in [0.717, 1.165) is 0 Å². The van der Waals surface area contributed by atoms with Gasteiger partial charge in [0, 0.05) is 40.7 Å². The number of hydrogen-bond donors (Lipinski definition) is 0. The summed E-state index contributed by atoms with van der Waals surface area (Å²) in [6.45, 7) is 1.62. The average Bonchev–Trinajstić information content (AvgIpc) is 2.19. The first kappa shape index (κ1) is 15.1. The second-order valence-electron chi connectivity index (χ2n) is 2.58. The molecule has 1 aromatic carbocycles. The van der Waals surface area contributed by atoms with Crippen molar-refractivity contribution in [1.29, 1.82) is 0 Å². The summed E-state index contributed by atoms with van der Waals surface area (Å²) in [6, 6.07) is 8.36. The van der Waals surface area contributed by atoms with Gasteiger partial charge in [-0.25, -0.2) is 9.00 Å². The molecule has 77 valence electrons. The zero-order valence-electron chi connectivity index (χ0n) is 8.64. The van der Waals surface area contributed by atoms with Gasteiger partial charge in [-0.05, 0) is 12.1 Å². The fourth-order valence-electron chi connectivity index (χ4n) is 0.797. The molecule has 0 aliphatic heterocycles. The molecule has 0 N–H and O–H groups in total. The molecule has 0 saturated carbocycles. The van der Waals surface area contributed by atoms with Crippen LogP contribution in [0.2, 0.25) is 0 Å². The number of carbonyl (C=O) groups is 1. The summed E-state index contributed by atoms with van der Waals surface area (Å²) in [7, 11) is -2.88. The van der Waals surface area contributed by atoms with Crippen LogP contribution in [-0.2, 0) is 24.1 Å². The van der Waals surface area contributed by atoms with Crippen molar-refractivity contribution in [2.45, 2.75) is 6.92 Å². The predicted octanol–water partition coefficient (Wildman–Crippen LogP) is 1.14. The predicted molar refractivity (Wildman–Crippen MR) is 63.7 cm³/mol. The fourth-order valence-corrected chi connectivity index (χ4v) is 1.43. The van der Waals surface area contributed by atoms with Gasteiger partial charge in [-0.15, -0.1) is 0 Å². The normalized spacial score (nSPS) is 13.4. The Morgan fingerprint density at radius 1 is 1.40 bits per heavy atom. The first-order valence-electron chi connectivity index (χ1n) is 4.06. The van der Waals surface area contributed by atoms with Crippen molar-refractivity contribution < 1.29 is 13.2 Å². The third-order valence-electron chi connectivity index (χ3n) is 1.57. The molecule has 1 unspecified atom stereocenters. The van der Waals surface area contributed by atoms with E-state index in [9.17, 15) is 9.00 Å². The van der Waals surface area contributed by atoms with Gasteiger partial charge in [-0.3, -0.25) is 0 Å². The summed E-state index contributed by atoms with van der Waals surface area (Å²) in [5.41, 5.74) is 0.360. The molecular weight excluding hydrogens is 243 g/mol. The van der Waals surface area contributed by atoms with E-state index in [1.807, 2.05) is 0 Å². The Labute approximate surface area is 116 Å². The van der Waals surface area contributed by atoms with Crippen molar-refractivity contribution in [3.8, 4) is 0 Å². The number of hydrogen-bond acceptors (Lipinski definition) is 4. The van der Waals surface area contributed by atoms with Gasteiger partial charge in [0.1, 0.15) is 0 Å². The first-order chi connectivity index (χ1) is 6.55. The molecule has 1 aromatic rings. The summed E-state index contributed by atoms with van der Waals surface area (Å²) in [5.74, 6) is -0.478. The first-order valence-corrected chi connectivity index (χ1v) is 6.64. The molecule has 0 amide bonds. The van der Waals surface area contributed by atoms with Crippen LogP contribution in [0, 0.1) is 0 Å². The van der Waals surface area contributed by atoms with E-state index in [2.05, 4.69) is 15.4 Å². The molecule has 0 heterocycles. The molecule has 6 heteroatoms. The van der Waals surface area contributed by atoms with Gasteiger partial charge in [-0.1, -0.05) is 25.1 Å². The van der Waals surface area contributed by atoms with Crippen molar-refractivity contribution >= 4 is 55.5 Å². The van der Waals surface area contributed by atoms with Crippen LogP contribution in [-0.4, -0.2) is 45.5 Å². The van der Waals surface area contributed by atoms with Gasteiger partial charge in [-0.2, -0.15) is 0 Å². The van der Waals surface area contributed by atoms with E-state index < -0.39 is 14.7 Å². The van der Waals surface area contributed by atoms with Crippen molar-refractivity contribution in [1.82, 2.24) is 0 Å². The average molecular weight is 253 g/mol. The molecule has 0 spiro atoms. The Bertz CT molecular complexity index is 414. The van der Waals surface area contributed by atoms with Gasteiger partial charge >= 0.3 is 5.97 Å². The molecule has 15 heavy (non-hydrogen) atoms. The molecule has 0 fully saturated rings. The van der Waals surface area contributed by atoms with E-state index >= 15 is 0 Å². The van der Waals surface area contributed by atoms with E-state index in [1.165, 1.54) is 0 Å². The van der Waals surface area contributed by atoms with Crippen LogP contribution in [0.5, 0.6) is 0 Å². The smallest absolute Gasteiger partial charge is 0.352 e. The Hall–Kier alpha value is 0.0600. The van der Waals surface area contributed by atoms with E-state index in [4.69, 9.17) is 0 Å². The van der Waals surface area contributed by atoms with E-state index in [-0.39, 0.29) is 35.3 Å². The van der Waals surface area contributed by atoms with Crippen molar-refractivity contribution in [3.05, 3.63) is 35.9 Å². The van der Waals surface area contributed by atoms with E-state index in [1.54, 1.807) is 37.3 Å². The zero-order chi connectivity index (χ0) is 10.6. The molecule has 0 aliphatic rings. The molecule has 1 radical (unpaired) electrons. The van der Waals surface area contributed by atoms with E-state index in [0.29, 0.717) is 5.56 Å². The van der Waals surface area contributed by atoms with Crippen LogP contribution < -0.4 is 0 Å². The van der Waals surface area contributed by atoms with Crippen LogP contribution in [0.15, 0.2) is 30.3 Å². The van der Waals surface area contributed by atoms with Crippen LogP contribution in [0.3, 0.4) is 0 Å². The maximum atomic E-state index is 11.4. The fraction of sp³-hybridized carbons (Fsp3) is 0.222. The quantitative estimate of drug-likeness (QED) is 0.758. The third-order valence-corrected chi connectivity index (χ3v) is 3.59. The molecule has 1 rings (SSSR count). The number of benzene rings is 1. The largest absolute Gasteiger partial charge is 0.360 e. The zero-order valence-corrected chi connectivity index (χ0v) is 12.3. The topological polar surface area (TPSA) is 43.4 Å². The summed E-state index contributed by atoms with van der Waals surface area (Å²) < 4.78 is 16.0. The van der Waals surface area contributed by atoms with Gasteiger partial charge < -0.3 is 4.18 Å². The Balaban J connectivity index is 0.00000196. The van der Waals surface area contributed by atoms with Crippen LogP contribution in [0.4, 0.5) is 0 Å². The minimum atomic E-state index is -2.88. The van der Waals surface area contributed by atoms with Crippen LogP contribution in [0.25, 0.3) is 0 Å². The maximum absolute atomic E-state index is 11.4. The second kappa shape index (κ2) is 6.60. The molecule has 0 aromatic heterocycles. The Morgan fingerprint density at radius 3 is 2.40 bits per heavy atom. The molecule has 0 aliphatic carbocycles. The molecule has 1 atom stereocenters. The van der Waals surface area contributed by atoms with Crippen molar-refractivity contribution in [2.24, 2.45) is 0 Å². The monoisotopic (exact) mass is 253 g/mol. The molecular formula is C9H10NaO3S2. The standard InChI is InChI=1S/C9H10O3S2.Na/c1-2-14(11,13)12-9(10)8-6-4-3-5-7-8;/h3-7H,2H2,1H3;. The number of rotatable bonds is 3. The summed E-state index contributed by atoms with van der Waals surface area (Å²) in [4.78, 5) is 11.4. The van der Waals surface area contributed by atoms with Crippen LogP contribution in [0.1, 0.15) is 17.3 Å². The minimum absolute atomic E-state index is 0. The third kappa shape index (κ3) is 5.08. The van der Waals surface area contributed by atoms with Crippen LogP contribution >= 0.6 is 0 Å². The minimum Gasteiger partial charge on any atom is -0.360 e. The second-order valence-corrected chi connectivity index (χ2v) is 5.97. The van der Waals surface area contributed by atoms with Gasteiger partial charge in [0.25, 0.3) is 0 Å². The van der Waals surface area contributed by atoms with Gasteiger partial charge in [0.05, 0.1) is 11.3 Å². The van der Waals surface area contributed by atoms with Crippen molar-refractivity contribution in [3.63, 3.8) is 0 Å². The summed E-state index contributed by atoms with van der Waals surface area (Å²) >= 11 is 4.61. The maximum Gasteiger partial charge on any atom is 0.352 e. The molecule has 0 bridgehead atoms.